The molecular weight excluding hydrogens is 279 g/mol. The van der Waals surface area contributed by atoms with Gasteiger partial charge in [-0.2, -0.15) is 0 Å². The Morgan fingerprint density at radius 3 is 2.68 bits per heavy atom. The molecule has 0 aliphatic heterocycles. The molecule has 0 spiro atoms. The predicted octanol–water partition coefficient (Wildman–Crippen LogP) is 5.24. The first-order valence-corrected chi connectivity index (χ1v) is 7.48. The molecule has 0 amide bonds. The van der Waals surface area contributed by atoms with E-state index in [1.807, 2.05) is 12.1 Å². The number of nitrogens with zero attached hydrogens (tertiary/aromatic N) is 1. The van der Waals surface area contributed by atoms with Gasteiger partial charge in [0, 0.05) is 29.2 Å². The normalized spacial score (nSPS) is 14.9. The van der Waals surface area contributed by atoms with Crippen molar-refractivity contribution in [2.75, 3.05) is 11.9 Å². The summed E-state index contributed by atoms with van der Waals surface area (Å²) in [5, 5.41) is 5.75. The van der Waals surface area contributed by atoms with Crippen LogP contribution in [0.2, 0.25) is 10.0 Å². The van der Waals surface area contributed by atoms with Gasteiger partial charge in [0.05, 0.1) is 15.6 Å². The third kappa shape index (κ3) is 2.52. The van der Waals surface area contributed by atoms with Crippen LogP contribution < -0.4 is 5.32 Å². The van der Waals surface area contributed by atoms with Crippen LogP contribution in [0.25, 0.3) is 10.9 Å². The van der Waals surface area contributed by atoms with Gasteiger partial charge in [-0.05, 0) is 37.5 Å². The van der Waals surface area contributed by atoms with Crippen LogP contribution in [-0.2, 0) is 0 Å². The van der Waals surface area contributed by atoms with E-state index in [-0.39, 0.29) is 0 Å². The number of hydrogen-bond acceptors (Lipinski definition) is 2. The van der Waals surface area contributed by atoms with Crippen LogP contribution in [0.1, 0.15) is 37.8 Å². The number of fused-ring (bicyclic) bond motifs is 1. The Morgan fingerprint density at radius 2 is 2.00 bits per heavy atom. The zero-order chi connectivity index (χ0) is 13.4. The van der Waals surface area contributed by atoms with E-state index in [0.29, 0.717) is 16.0 Å². The van der Waals surface area contributed by atoms with Crippen molar-refractivity contribution >= 4 is 39.8 Å². The fourth-order valence-corrected chi connectivity index (χ4v) is 2.73. The van der Waals surface area contributed by atoms with Crippen LogP contribution >= 0.6 is 23.2 Å². The van der Waals surface area contributed by atoms with Crippen molar-refractivity contribution in [2.24, 2.45) is 0 Å². The molecule has 0 unspecified atom stereocenters. The molecule has 0 bridgehead atoms. The molecule has 2 nitrogen and oxygen atoms in total. The topological polar surface area (TPSA) is 24.9 Å². The highest BCUT2D eigenvalue weighted by Gasteiger charge is 2.26. The lowest BCUT2D eigenvalue weighted by Gasteiger charge is -2.13. The second-order valence-corrected chi connectivity index (χ2v) is 5.86. The van der Waals surface area contributed by atoms with Crippen LogP contribution in [0, 0.1) is 0 Å². The monoisotopic (exact) mass is 294 g/mol. The second kappa shape index (κ2) is 5.18. The summed E-state index contributed by atoms with van der Waals surface area (Å²) >= 11 is 12.6. The van der Waals surface area contributed by atoms with Crippen molar-refractivity contribution in [3.8, 4) is 0 Å². The van der Waals surface area contributed by atoms with Gasteiger partial charge in [-0.1, -0.05) is 30.1 Å². The van der Waals surface area contributed by atoms with E-state index < -0.39 is 0 Å². The van der Waals surface area contributed by atoms with E-state index in [0.717, 1.165) is 35.2 Å². The molecule has 4 heteroatoms. The Kier molecular flexibility index (Phi) is 3.55. The predicted molar refractivity (Wildman–Crippen MR) is 82.5 cm³/mol. The van der Waals surface area contributed by atoms with E-state index in [2.05, 4.69) is 18.3 Å². The van der Waals surface area contributed by atoms with Crippen LogP contribution in [0.5, 0.6) is 0 Å². The number of halogens is 2. The molecule has 0 saturated heterocycles. The molecule has 1 aliphatic carbocycles. The quantitative estimate of drug-likeness (QED) is 0.834. The summed E-state index contributed by atoms with van der Waals surface area (Å²) in [6.45, 7) is 3.07. The van der Waals surface area contributed by atoms with E-state index in [1.54, 1.807) is 0 Å². The minimum Gasteiger partial charge on any atom is -0.384 e. The van der Waals surface area contributed by atoms with Crippen molar-refractivity contribution in [2.45, 2.75) is 32.1 Å². The standard InChI is InChI=1S/C15H16Cl2N2/c1-2-7-18-13-8-12(9-3-4-9)19-15-11(17)6-5-10(16)14(13)15/h5-6,8-9H,2-4,7H2,1H3,(H,18,19). The first-order chi connectivity index (χ1) is 9.20. The average Bonchev–Trinajstić information content (AvgIpc) is 3.24. The molecule has 3 rings (SSSR count). The lowest BCUT2D eigenvalue weighted by atomic mass is 10.1. The Bertz CT molecular complexity index is 621. The van der Waals surface area contributed by atoms with Crippen LogP contribution in [0.4, 0.5) is 5.69 Å². The number of rotatable bonds is 4. The van der Waals surface area contributed by atoms with Gasteiger partial charge in [0.2, 0.25) is 0 Å². The van der Waals surface area contributed by atoms with Gasteiger partial charge in [-0.15, -0.1) is 0 Å². The number of aromatic nitrogens is 1. The molecule has 19 heavy (non-hydrogen) atoms. The van der Waals surface area contributed by atoms with Gasteiger partial charge in [0.15, 0.2) is 0 Å². The van der Waals surface area contributed by atoms with E-state index in [9.17, 15) is 0 Å². The molecular formula is C15H16Cl2N2. The van der Waals surface area contributed by atoms with Crippen LogP contribution in [-0.4, -0.2) is 11.5 Å². The molecule has 1 N–H and O–H groups in total. The Morgan fingerprint density at radius 1 is 1.26 bits per heavy atom. The number of nitrogens with one attached hydrogen (secondary N) is 1. The molecule has 1 aromatic carbocycles. The summed E-state index contributed by atoms with van der Waals surface area (Å²) in [6, 6.07) is 5.79. The minimum atomic E-state index is 0.599. The first kappa shape index (κ1) is 13.0. The summed E-state index contributed by atoms with van der Waals surface area (Å²) in [5.74, 6) is 0.599. The maximum absolute atomic E-state index is 6.32. The van der Waals surface area contributed by atoms with Crippen molar-refractivity contribution < 1.29 is 0 Å². The number of hydrogen-bond donors (Lipinski definition) is 1. The highest BCUT2D eigenvalue weighted by molar-refractivity contribution is 6.40. The summed E-state index contributed by atoms with van der Waals surface area (Å²) in [4.78, 5) is 4.71. The van der Waals surface area contributed by atoms with E-state index >= 15 is 0 Å². The zero-order valence-electron chi connectivity index (χ0n) is 10.8. The molecule has 1 saturated carbocycles. The molecule has 1 aromatic heterocycles. The minimum absolute atomic E-state index is 0.599. The molecule has 1 heterocycles. The fraction of sp³-hybridized carbons (Fsp3) is 0.400. The zero-order valence-corrected chi connectivity index (χ0v) is 12.4. The molecule has 1 fully saturated rings. The Balaban J connectivity index is 2.20. The van der Waals surface area contributed by atoms with Crippen LogP contribution in [0.15, 0.2) is 18.2 Å². The summed E-state index contributed by atoms with van der Waals surface area (Å²) < 4.78 is 0. The lowest BCUT2D eigenvalue weighted by molar-refractivity contribution is 0.976. The maximum Gasteiger partial charge on any atom is 0.0927 e. The van der Waals surface area contributed by atoms with Gasteiger partial charge in [0.25, 0.3) is 0 Å². The number of benzene rings is 1. The molecule has 1 aliphatic rings. The molecule has 2 aromatic rings. The SMILES string of the molecule is CCCNc1cc(C2CC2)nc2c(Cl)ccc(Cl)c12. The van der Waals surface area contributed by atoms with Gasteiger partial charge < -0.3 is 5.32 Å². The molecule has 0 radical (unpaired) electrons. The summed E-state index contributed by atoms with van der Waals surface area (Å²) in [5.41, 5.74) is 3.01. The third-order valence-electron chi connectivity index (χ3n) is 3.44. The van der Waals surface area contributed by atoms with Crippen molar-refractivity contribution in [1.82, 2.24) is 4.98 Å². The second-order valence-electron chi connectivity index (χ2n) is 5.05. The highest BCUT2D eigenvalue weighted by Crippen LogP contribution is 2.43. The average molecular weight is 295 g/mol. The summed E-state index contributed by atoms with van der Waals surface area (Å²) in [7, 11) is 0. The summed E-state index contributed by atoms with van der Waals surface area (Å²) in [6.07, 6.45) is 3.52. The van der Waals surface area contributed by atoms with Gasteiger partial charge in [0.1, 0.15) is 0 Å². The third-order valence-corrected chi connectivity index (χ3v) is 4.06. The van der Waals surface area contributed by atoms with E-state index in [1.165, 1.54) is 12.8 Å². The van der Waals surface area contributed by atoms with Gasteiger partial charge >= 0.3 is 0 Å². The largest absolute Gasteiger partial charge is 0.384 e. The van der Waals surface area contributed by atoms with Crippen LogP contribution in [0.3, 0.4) is 0 Å². The Hall–Kier alpha value is -0.990. The van der Waals surface area contributed by atoms with Gasteiger partial charge in [-0.3, -0.25) is 4.98 Å². The maximum atomic E-state index is 6.32. The van der Waals surface area contributed by atoms with Crippen molar-refractivity contribution in [1.29, 1.82) is 0 Å². The number of anilines is 1. The molecule has 0 atom stereocenters. The van der Waals surface area contributed by atoms with E-state index in [4.69, 9.17) is 28.2 Å². The smallest absolute Gasteiger partial charge is 0.0927 e. The highest BCUT2D eigenvalue weighted by atomic mass is 35.5. The van der Waals surface area contributed by atoms with Crippen molar-refractivity contribution in [3.05, 3.63) is 33.9 Å². The molecule has 100 valence electrons. The fourth-order valence-electron chi connectivity index (χ4n) is 2.28. The first-order valence-electron chi connectivity index (χ1n) is 6.73. The number of pyridine rings is 1. The lowest BCUT2D eigenvalue weighted by Crippen LogP contribution is -2.03. The van der Waals surface area contributed by atoms with Gasteiger partial charge in [-0.25, -0.2) is 0 Å². The Labute approximate surface area is 123 Å². The van der Waals surface area contributed by atoms with Crippen molar-refractivity contribution in [3.63, 3.8) is 0 Å².